The van der Waals surface area contributed by atoms with Crippen molar-refractivity contribution < 1.29 is 0 Å². The van der Waals surface area contributed by atoms with Crippen molar-refractivity contribution in [1.82, 2.24) is 9.97 Å². The molecule has 0 aliphatic rings. The Morgan fingerprint density at radius 3 is 1.37 bits per heavy atom. The van der Waals surface area contributed by atoms with Crippen molar-refractivity contribution in [3.05, 3.63) is 206 Å². The van der Waals surface area contributed by atoms with Crippen molar-refractivity contribution in [2.45, 2.75) is 0 Å². The zero-order valence-corrected chi connectivity index (χ0v) is 33.5. The van der Waals surface area contributed by atoms with Crippen LogP contribution in [-0.2, 0) is 0 Å². The number of aromatic nitrogens is 2. The minimum Gasteiger partial charge on any atom is -0.254 e. The highest BCUT2D eigenvalue weighted by Crippen LogP contribution is 2.47. The summed E-state index contributed by atoms with van der Waals surface area (Å²) in [6, 6.07) is 74.0. The monoisotopic (exact) mass is 782 g/mol. The van der Waals surface area contributed by atoms with E-state index in [4.69, 9.17) is 9.97 Å². The van der Waals surface area contributed by atoms with E-state index in [1.54, 1.807) is 0 Å². The standard InChI is InChI=1S/C60H34N2/c1-3-16-47-42(14-1)53(43-15-2-4-17-48(43)57(47)52-32-31-40-30-29-39-13-9-33-61-59(39)60(40)62-52)38-25-23-35(24-26-38)51-34-41-12-7-20-45-44-18-5-10-36-27-28-37-11-6-19-46(55(37)54(36)44)49-21-8-22-50(51)58(49)56(41)45/h1-34H. The largest absolute Gasteiger partial charge is 0.254 e. The minimum absolute atomic E-state index is 0.925. The summed E-state index contributed by atoms with van der Waals surface area (Å²) in [7, 11) is 0. The number of hydrogen-bond acceptors (Lipinski definition) is 2. The van der Waals surface area contributed by atoms with Gasteiger partial charge in [-0.1, -0.05) is 182 Å². The fourth-order valence-electron chi connectivity index (χ4n) is 10.9. The summed E-state index contributed by atoms with van der Waals surface area (Å²) in [5, 5.41) is 22.5. The molecule has 2 aromatic heterocycles. The molecule has 2 heterocycles. The maximum absolute atomic E-state index is 5.36. The molecular formula is C60H34N2. The van der Waals surface area contributed by atoms with Gasteiger partial charge in [0.2, 0.25) is 0 Å². The van der Waals surface area contributed by atoms with E-state index in [-0.39, 0.29) is 0 Å². The Bertz CT molecular complexity index is 4140. The van der Waals surface area contributed by atoms with Crippen molar-refractivity contribution in [2.24, 2.45) is 0 Å². The van der Waals surface area contributed by atoms with Gasteiger partial charge in [-0.2, -0.15) is 0 Å². The third-order valence-corrected chi connectivity index (χ3v) is 13.6. The van der Waals surface area contributed by atoms with Crippen LogP contribution < -0.4 is 0 Å². The second-order valence-electron chi connectivity index (χ2n) is 16.8. The van der Waals surface area contributed by atoms with Crippen LogP contribution in [0.25, 0.3) is 141 Å². The first kappa shape index (κ1) is 33.6. The van der Waals surface area contributed by atoms with Crippen LogP contribution in [0.2, 0.25) is 0 Å². The average molecular weight is 783 g/mol. The summed E-state index contributed by atoms with van der Waals surface area (Å²) in [5.74, 6) is 0. The lowest BCUT2D eigenvalue weighted by molar-refractivity contribution is 1.38. The molecule has 0 aliphatic carbocycles. The molecule has 0 fully saturated rings. The van der Waals surface area contributed by atoms with Crippen molar-refractivity contribution in [3.8, 4) is 33.5 Å². The average Bonchev–Trinajstić information content (AvgIpc) is 3.34. The van der Waals surface area contributed by atoms with Crippen molar-refractivity contribution >= 4 is 108 Å². The molecular weight excluding hydrogens is 749 g/mol. The summed E-state index contributed by atoms with van der Waals surface area (Å²) in [4.78, 5) is 10.1. The molecule has 0 bridgehead atoms. The van der Waals surface area contributed by atoms with Crippen molar-refractivity contribution in [2.75, 3.05) is 0 Å². The number of rotatable bonds is 3. The fourth-order valence-corrected chi connectivity index (χ4v) is 10.9. The number of pyridine rings is 2. The van der Waals surface area contributed by atoms with Crippen LogP contribution in [0.5, 0.6) is 0 Å². The highest BCUT2D eigenvalue weighted by Gasteiger charge is 2.20. The van der Waals surface area contributed by atoms with Gasteiger partial charge in [-0.3, -0.25) is 4.98 Å². The SMILES string of the molecule is c1cnc2c(c1)ccc1ccc(-c3c4ccccc4c(-c4ccc(-c5cc6cccc7c8cccc9ccc%10cccc(c%11cccc5c%11c67)c%10c98)cc4)c4ccccc34)nc12. The lowest BCUT2D eigenvalue weighted by Gasteiger charge is -2.19. The summed E-state index contributed by atoms with van der Waals surface area (Å²) >= 11 is 0. The van der Waals surface area contributed by atoms with Crippen LogP contribution in [0.4, 0.5) is 0 Å². The molecule has 0 radical (unpaired) electrons. The summed E-state index contributed by atoms with van der Waals surface area (Å²) in [5.41, 5.74) is 8.81. The molecule has 2 nitrogen and oxygen atoms in total. The van der Waals surface area contributed by atoms with E-state index in [9.17, 15) is 0 Å². The van der Waals surface area contributed by atoms with E-state index in [0.29, 0.717) is 0 Å². The highest BCUT2D eigenvalue weighted by atomic mass is 14.8. The van der Waals surface area contributed by atoms with Gasteiger partial charge in [0.25, 0.3) is 0 Å². The molecule has 0 atom stereocenters. The van der Waals surface area contributed by atoms with Gasteiger partial charge in [0, 0.05) is 22.5 Å². The Balaban J connectivity index is 0.997. The van der Waals surface area contributed by atoms with Crippen LogP contribution in [0.3, 0.4) is 0 Å². The highest BCUT2D eigenvalue weighted by molar-refractivity contribution is 6.38. The van der Waals surface area contributed by atoms with Crippen LogP contribution in [-0.4, -0.2) is 9.97 Å². The first-order valence-corrected chi connectivity index (χ1v) is 21.4. The lowest BCUT2D eigenvalue weighted by Crippen LogP contribution is -1.94. The zero-order valence-electron chi connectivity index (χ0n) is 33.5. The maximum atomic E-state index is 5.36. The second kappa shape index (κ2) is 12.7. The van der Waals surface area contributed by atoms with Gasteiger partial charge in [0.05, 0.1) is 16.7 Å². The normalized spacial score (nSPS) is 12.2. The molecule has 0 saturated carbocycles. The Morgan fingerprint density at radius 2 is 0.726 bits per heavy atom. The second-order valence-corrected chi connectivity index (χ2v) is 16.8. The van der Waals surface area contributed by atoms with Gasteiger partial charge in [-0.15, -0.1) is 0 Å². The van der Waals surface area contributed by atoms with Gasteiger partial charge in [-0.25, -0.2) is 4.98 Å². The van der Waals surface area contributed by atoms with Gasteiger partial charge in [0.1, 0.15) is 0 Å². The van der Waals surface area contributed by atoms with Crippen LogP contribution in [0.1, 0.15) is 0 Å². The molecule has 14 rings (SSSR count). The van der Waals surface area contributed by atoms with E-state index >= 15 is 0 Å². The minimum atomic E-state index is 0.925. The van der Waals surface area contributed by atoms with Crippen LogP contribution >= 0.6 is 0 Å². The van der Waals surface area contributed by atoms with E-state index in [0.717, 1.165) is 33.1 Å². The number of nitrogens with zero attached hydrogens (tertiary/aromatic N) is 2. The third-order valence-electron chi connectivity index (χ3n) is 13.6. The van der Waals surface area contributed by atoms with Crippen molar-refractivity contribution in [3.63, 3.8) is 0 Å². The molecule has 0 amide bonds. The quantitative estimate of drug-likeness (QED) is 0.132. The van der Waals surface area contributed by atoms with Crippen molar-refractivity contribution in [1.29, 1.82) is 0 Å². The Labute approximate surface area is 356 Å². The van der Waals surface area contributed by atoms with E-state index in [2.05, 4.69) is 194 Å². The Morgan fingerprint density at radius 1 is 0.274 bits per heavy atom. The molecule has 0 spiro atoms. The zero-order chi connectivity index (χ0) is 40.5. The predicted molar refractivity (Wildman–Crippen MR) is 265 cm³/mol. The lowest BCUT2D eigenvalue weighted by atomic mass is 9.85. The smallest absolute Gasteiger partial charge is 0.0972 e. The van der Waals surface area contributed by atoms with E-state index < -0.39 is 0 Å². The molecule has 2 heteroatoms. The summed E-state index contributed by atoms with van der Waals surface area (Å²) in [6.45, 7) is 0. The summed E-state index contributed by atoms with van der Waals surface area (Å²) < 4.78 is 0. The van der Waals surface area contributed by atoms with E-state index in [1.807, 2.05) is 12.3 Å². The number of fused-ring (bicyclic) bond motifs is 7. The number of hydrogen-bond donors (Lipinski definition) is 0. The fraction of sp³-hybridized carbons (Fsp3) is 0. The molecule has 0 saturated heterocycles. The van der Waals surface area contributed by atoms with Gasteiger partial charge in [-0.05, 0) is 127 Å². The Hall–Kier alpha value is -8.20. The molecule has 0 N–H and O–H groups in total. The topological polar surface area (TPSA) is 25.8 Å². The number of benzene rings is 11. The molecule has 12 aromatic carbocycles. The van der Waals surface area contributed by atoms with Gasteiger partial charge in [0.15, 0.2) is 0 Å². The maximum Gasteiger partial charge on any atom is 0.0972 e. The molecule has 14 aromatic rings. The molecule has 0 aliphatic heterocycles. The first-order chi connectivity index (χ1) is 30.8. The van der Waals surface area contributed by atoms with Crippen LogP contribution in [0.15, 0.2) is 206 Å². The third kappa shape index (κ3) is 4.64. The molecule has 0 unspecified atom stereocenters. The van der Waals surface area contributed by atoms with E-state index in [1.165, 1.54) is 108 Å². The molecule has 62 heavy (non-hydrogen) atoms. The predicted octanol–water partition coefficient (Wildman–Crippen LogP) is 16.4. The Kier molecular flexibility index (Phi) is 6.86. The van der Waals surface area contributed by atoms with Gasteiger partial charge >= 0.3 is 0 Å². The van der Waals surface area contributed by atoms with Crippen LogP contribution in [0, 0.1) is 0 Å². The van der Waals surface area contributed by atoms with Gasteiger partial charge < -0.3 is 0 Å². The summed E-state index contributed by atoms with van der Waals surface area (Å²) in [6.07, 6.45) is 1.86. The first-order valence-electron chi connectivity index (χ1n) is 21.4. The molecule has 284 valence electrons.